The Kier molecular flexibility index (Phi) is 7.66. The lowest BCUT2D eigenvalue weighted by Crippen LogP contribution is -2.34. The highest BCUT2D eigenvalue weighted by atomic mass is 16.6. The summed E-state index contributed by atoms with van der Waals surface area (Å²) in [7, 11) is 0. The minimum atomic E-state index is -0.581. The van der Waals surface area contributed by atoms with Crippen molar-refractivity contribution in [2.45, 2.75) is 39.3 Å². The zero-order valence-corrected chi connectivity index (χ0v) is 19.1. The number of carbonyl (C=O) groups excluding carboxylic acids is 3. The first-order chi connectivity index (χ1) is 15.7. The molecule has 0 bridgehead atoms. The molecule has 0 aliphatic rings. The van der Waals surface area contributed by atoms with Crippen LogP contribution in [0.25, 0.3) is 10.8 Å². The van der Waals surface area contributed by atoms with Crippen molar-refractivity contribution in [1.29, 1.82) is 0 Å². The summed E-state index contributed by atoms with van der Waals surface area (Å²) in [5.74, 6) is -0.357. The molecule has 0 spiro atoms. The van der Waals surface area contributed by atoms with E-state index in [9.17, 15) is 14.4 Å². The van der Waals surface area contributed by atoms with Crippen LogP contribution in [0, 0.1) is 0 Å². The van der Waals surface area contributed by atoms with Crippen LogP contribution in [0.15, 0.2) is 66.7 Å². The average Bonchev–Trinajstić information content (AvgIpc) is 2.77. The molecule has 0 fully saturated rings. The van der Waals surface area contributed by atoms with Crippen molar-refractivity contribution in [3.8, 4) is 0 Å². The molecule has 0 aromatic heterocycles. The number of hydrogen-bond donors (Lipinski definition) is 3. The third-order valence-corrected chi connectivity index (χ3v) is 4.75. The van der Waals surface area contributed by atoms with Gasteiger partial charge in [-0.05, 0) is 55.3 Å². The van der Waals surface area contributed by atoms with Crippen molar-refractivity contribution in [2.75, 3.05) is 11.9 Å². The summed E-state index contributed by atoms with van der Waals surface area (Å²) in [5.41, 5.74) is 1.61. The van der Waals surface area contributed by atoms with Gasteiger partial charge in [0.25, 0.3) is 5.91 Å². The molecule has 0 radical (unpaired) electrons. The molecular weight excluding hydrogens is 418 g/mol. The molecule has 3 aromatic carbocycles. The van der Waals surface area contributed by atoms with E-state index in [2.05, 4.69) is 16.0 Å². The number of ether oxygens (including phenoxy) is 1. The molecule has 7 nitrogen and oxygen atoms in total. The molecule has 3 aromatic rings. The normalized spacial score (nSPS) is 11.0. The number of fused-ring (bicyclic) bond motifs is 1. The molecule has 3 amide bonds. The van der Waals surface area contributed by atoms with Crippen LogP contribution in [0.1, 0.15) is 43.1 Å². The summed E-state index contributed by atoms with van der Waals surface area (Å²) in [4.78, 5) is 36.4. The Bertz CT molecular complexity index is 1130. The second-order valence-corrected chi connectivity index (χ2v) is 8.63. The van der Waals surface area contributed by atoms with Crippen molar-refractivity contribution in [2.24, 2.45) is 0 Å². The Labute approximate surface area is 193 Å². The van der Waals surface area contributed by atoms with Gasteiger partial charge in [0.05, 0.1) is 0 Å². The van der Waals surface area contributed by atoms with Gasteiger partial charge < -0.3 is 20.7 Å². The summed E-state index contributed by atoms with van der Waals surface area (Å²) in [6.45, 7) is 5.88. The fourth-order valence-corrected chi connectivity index (χ4v) is 3.22. The summed E-state index contributed by atoms with van der Waals surface area (Å²) in [5, 5.41) is 10.2. The second-order valence-electron chi connectivity index (χ2n) is 8.63. The predicted octanol–water partition coefficient (Wildman–Crippen LogP) is 4.62. The molecule has 0 heterocycles. The molecule has 0 aliphatic carbocycles. The average molecular weight is 448 g/mol. The number of nitrogens with one attached hydrogen (secondary N) is 3. The SMILES string of the molecule is CC(C)(C)OC(=O)NCCC(=O)Nc1ccc(CNC(=O)c2cccc3ccccc23)cc1. The molecule has 0 saturated heterocycles. The topological polar surface area (TPSA) is 96.5 Å². The molecule has 172 valence electrons. The van der Waals surface area contributed by atoms with Crippen molar-refractivity contribution >= 4 is 34.4 Å². The lowest BCUT2D eigenvalue weighted by Gasteiger charge is -2.19. The first-order valence-corrected chi connectivity index (χ1v) is 10.8. The highest BCUT2D eigenvalue weighted by Gasteiger charge is 2.16. The number of carbonyl (C=O) groups is 3. The Hall–Kier alpha value is -3.87. The van der Waals surface area contributed by atoms with Gasteiger partial charge in [0.1, 0.15) is 5.60 Å². The van der Waals surface area contributed by atoms with Gasteiger partial charge in [-0.1, -0.05) is 48.5 Å². The van der Waals surface area contributed by atoms with E-state index in [0.717, 1.165) is 16.3 Å². The monoisotopic (exact) mass is 447 g/mol. The summed E-state index contributed by atoms with van der Waals surface area (Å²) >= 11 is 0. The van der Waals surface area contributed by atoms with Gasteiger partial charge in [-0.15, -0.1) is 0 Å². The standard InChI is InChI=1S/C26H29N3O4/c1-26(2,3)33-25(32)27-16-15-23(30)29-20-13-11-18(12-14-20)17-28-24(31)22-10-6-8-19-7-4-5-9-21(19)22/h4-14H,15-17H2,1-3H3,(H,27,32)(H,28,31)(H,29,30). The first kappa shape index (κ1) is 23.8. The second kappa shape index (κ2) is 10.6. The van der Waals surface area contributed by atoms with Crippen molar-refractivity contribution in [1.82, 2.24) is 10.6 Å². The largest absolute Gasteiger partial charge is 0.444 e. The molecule has 0 unspecified atom stereocenters. The summed E-state index contributed by atoms with van der Waals surface area (Å²) in [6, 6.07) is 20.7. The molecule has 0 saturated carbocycles. The maximum Gasteiger partial charge on any atom is 0.407 e. The van der Waals surface area contributed by atoms with Crippen molar-refractivity contribution in [3.63, 3.8) is 0 Å². The third-order valence-electron chi connectivity index (χ3n) is 4.75. The van der Waals surface area contributed by atoms with E-state index in [4.69, 9.17) is 4.74 Å². The molecular formula is C26H29N3O4. The molecule has 33 heavy (non-hydrogen) atoms. The lowest BCUT2D eigenvalue weighted by atomic mass is 10.0. The van der Waals surface area contributed by atoms with Gasteiger partial charge in [0.2, 0.25) is 5.91 Å². The van der Waals surface area contributed by atoms with Gasteiger partial charge in [0, 0.05) is 30.8 Å². The smallest absolute Gasteiger partial charge is 0.407 e. The number of benzene rings is 3. The maximum absolute atomic E-state index is 12.7. The maximum atomic E-state index is 12.7. The minimum absolute atomic E-state index is 0.127. The van der Waals surface area contributed by atoms with Gasteiger partial charge >= 0.3 is 6.09 Å². The minimum Gasteiger partial charge on any atom is -0.444 e. The Morgan fingerprint density at radius 2 is 1.55 bits per heavy atom. The van der Waals surface area contributed by atoms with Crippen LogP contribution in [0.5, 0.6) is 0 Å². The molecule has 0 atom stereocenters. The number of alkyl carbamates (subject to hydrolysis) is 1. The fraction of sp³-hybridized carbons (Fsp3) is 0.269. The zero-order chi connectivity index (χ0) is 23.8. The first-order valence-electron chi connectivity index (χ1n) is 10.8. The summed E-state index contributed by atoms with van der Waals surface area (Å²) < 4.78 is 5.13. The van der Waals surface area contributed by atoms with Crippen LogP contribution in [-0.2, 0) is 16.1 Å². The van der Waals surface area contributed by atoms with Crippen LogP contribution in [-0.4, -0.2) is 30.1 Å². The van der Waals surface area contributed by atoms with E-state index >= 15 is 0 Å². The Morgan fingerprint density at radius 1 is 0.848 bits per heavy atom. The van der Waals surface area contributed by atoms with E-state index in [1.165, 1.54) is 0 Å². The van der Waals surface area contributed by atoms with Crippen molar-refractivity contribution in [3.05, 3.63) is 77.9 Å². The number of amides is 3. The van der Waals surface area contributed by atoms with Gasteiger partial charge in [-0.25, -0.2) is 4.79 Å². The van der Waals surface area contributed by atoms with E-state index in [1.807, 2.05) is 54.6 Å². The van der Waals surface area contributed by atoms with Gasteiger partial charge in [-0.3, -0.25) is 9.59 Å². The van der Waals surface area contributed by atoms with Crippen LogP contribution in [0.4, 0.5) is 10.5 Å². The van der Waals surface area contributed by atoms with Crippen LogP contribution < -0.4 is 16.0 Å². The van der Waals surface area contributed by atoms with E-state index < -0.39 is 11.7 Å². The van der Waals surface area contributed by atoms with Crippen LogP contribution in [0.2, 0.25) is 0 Å². The molecule has 0 aliphatic heterocycles. The number of anilines is 1. The Morgan fingerprint density at radius 3 is 2.27 bits per heavy atom. The van der Waals surface area contributed by atoms with E-state index in [-0.39, 0.29) is 24.8 Å². The van der Waals surface area contributed by atoms with Gasteiger partial charge in [0.15, 0.2) is 0 Å². The highest BCUT2D eigenvalue weighted by molar-refractivity contribution is 6.07. The number of rotatable bonds is 7. The molecule has 7 heteroatoms. The van der Waals surface area contributed by atoms with Crippen LogP contribution in [0.3, 0.4) is 0 Å². The molecule has 3 rings (SSSR count). The van der Waals surface area contributed by atoms with E-state index in [0.29, 0.717) is 17.8 Å². The third kappa shape index (κ3) is 7.35. The predicted molar refractivity (Wildman–Crippen MR) is 129 cm³/mol. The van der Waals surface area contributed by atoms with Crippen LogP contribution >= 0.6 is 0 Å². The lowest BCUT2D eigenvalue weighted by molar-refractivity contribution is -0.116. The Balaban J connectivity index is 1.46. The van der Waals surface area contributed by atoms with E-state index in [1.54, 1.807) is 32.9 Å². The summed E-state index contributed by atoms with van der Waals surface area (Å²) in [6.07, 6.45) is -0.424. The zero-order valence-electron chi connectivity index (χ0n) is 19.1. The number of hydrogen-bond acceptors (Lipinski definition) is 4. The molecule has 3 N–H and O–H groups in total. The quantitative estimate of drug-likeness (QED) is 0.492. The fourth-order valence-electron chi connectivity index (χ4n) is 3.22. The van der Waals surface area contributed by atoms with Gasteiger partial charge in [-0.2, -0.15) is 0 Å². The van der Waals surface area contributed by atoms with Crippen molar-refractivity contribution < 1.29 is 19.1 Å². The highest BCUT2D eigenvalue weighted by Crippen LogP contribution is 2.18.